The summed E-state index contributed by atoms with van der Waals surface area (Å²) < 4.78 is 0. The molecule has 4 aliphatic carbocycles. The minimum absolute atomic E-state index is 0.00311. The van der Waals surface area contributed by atoms with Crippen molar-refractivity contribution in [2.24, 2.45) is 39.9 Å². The van der Waals surface area contributed by atoms with Gasteiger partial charge in [0, 0.05) is 35.8 Å². The van der Waals surface area contributed by atoms with E-state index in [1.165, 1.54) is 0 Å². The molecule has 1 saturated heterocycles. The van der Waals surface area contributed by atoms with Crippen molar-refractivity contribution in [3.8, 4) is 0 Å². The van der Waals surface area contributed by atoms with E-state index in [9.17, 15) is 29.4 Å². The molecule has 1 aliphatic heterocycles. The summed E-state index contributed by atoms with van der Waals surface area (Å²) in [6.45, 7) is 5.16. The Balaban J connectivity index is 1.06. The van der Waals surface area contributed by atoms with E-state index in [-0.39, 0.29) is 65.6 Å². The van der Waals surface area contributed by atoms with Crippen LogP contribution in [0.15, 0.2) is 72.3 Å². The maximum Gasteiger partial charge on any atom is 0.243 e. The SMILES string of the molecule is CNCC(=O)NCC(=O)Nc1cccc(Cc2ccc(N3C[C@@H]4CC5C6CCC7=CC(=O)C=CC7(C)C6C(O)CC5(C)C4(C(=O)CO)C3)cc2)c1. The molecule has 7 rings (SSSR count). The molecule has 2 aromatic rings. The van der Waals surface area contributed by atoms with Crippen LogP contribution in [0.4, 0.5) is 11.4 Å². The van der Waals surface area contributed by atoms with Crippen molar-refractivity contribution in [1.29, 1.82) is 0 Å². The van der Waals surface area contributed by atoms with Crippen LogP contribution in [0.1, 0.15) is 50.7 Å². The third-order valence-electron chi connectivity index (χ3n) is 13.4. The van der Waals surface area contributed by atoms with Gasteiger partial charge in [0.15, 0.2) is 11.6 Å². The highest BCUT2D eigenvalue weighted by Gasteiger charge is 2.73. The number of hydrogen-bond donors (Lipinski definition) is 5. The molecule has 5 aliphatic rings. The minimum atomic E-state index is -0.757. The van der Waals surface area contributed by atoms with Crippen molar-refractivity contribution in [3.63, 3.8) is 0 Å². The van der Waals surface area contributed by atoms with Crippen LogP contribution in [0.3, 0.4) is 0 Å². The molecule has 10 nitrogen and oxygen atoms in total. The fourth-order valence-corrected chi connectivity index (χ4v) is 11.2. The summed E-state index contributed by atoms with van der Waals surface area (Å²) >= 11 is 0. The van der Waals surface area contributed by atoms with E-state index >= 15 is 0 Å². The van der Waals surface area contributed by atoms with E-state index in [1.807, 2.05) is 30.3 Å². The largest absolute Gasteiger partial charge is 0.393 e. The van der Waals surface area contributed by atoms with Gasteiger partial charge in [-0.2, -0.15) is 0 Å². The third-order valence-corrected chi connectivity index (χ3v) is 13.4. The van der Waals surface area contributed by atoms with Gasteiger partial charge in [-0.25, -0.2) is 0 Å². The summed E-state index contributed by atoms with van der Waals surface area (Å²) in [5, 5.41) is 30.5. The van der Waals surface area contributed by atoms with Gasteiger partial charge >= 0.3 is 0 Å². The molecule has 1 heterocycles. The molecular formula is C41H50N4O6. The predicted octanol–water partition coefficient (Wildman–Crippen LogP) is 3.42. The number of aliphatic hydroxyl groups is 2. The summed E-state index contributed by atoms with van der Waals surface area (Å²) in [6, 6.07) is 16.1. The zero-order valence-corrected chi connectivity index (χ0v) is 29.8. The van der Waals surface area contributed by atoms with E-state index in [0.717, 1.165) is 48.2 Å². The lowest BCUT2D eigenvalue weighted by Gasteiger charge is -2.60. The smallest absolute Gasteiger partial charge is 0.243 e. The Bertz CT molecular complexity index is 1790. The maximum absolute atomic E-state index is 14.0. The highest BCUT2D eigenvalue weighted by atomic mass is 16.3. The first-order valence-corrected chi connectivity index (χ1v) is 18.3. The Kier molecular flexibility index (Phi) is 9.31. The van der Waals surface area contributed by atoms with Gasteiger partial charge in [0.2, 0.25) is 11.8 Å². The molecule has 3 saturated carbocycles. The van der Waals surface area contributed by atoms with Crippen LogP contribution in [0.25, 0.3) is 0 Å². The number of nitrogens with one attached hydrogen (secondary N) is 3. The summed E-state index contributed by atoms with van der Waals surface area (Å²) in [6.07, 6.45) is 8.62. The molecular weight excluding hydrogens is 644 g/mol. The Morgan fingerprint density at radius 1 is 1.02 bits per heavy atom. The van der Waals surface area contributed by atoms with Crippen molar-refractivity contribution in [1.82, 2.24) is 10.6 Å². The number of hydrogen-bond acceptors (Lipinski definition) is 8. The molecule has 5 N–H and O–H groups in total. The monoisotopic (exact) mass is 694 g/mol. The van der Waals surface area contributed by atoms with Crippen LogP contribution in [0, 0.1) is 39.9 Å². The Morgan fingerprint density at radius 3 is 2.55 bits per heavy atom. The third kappa shape index (κ3) is 5.95. The maximum atomic E-state index is 14.0. The topological polar surface area (TPSA) is 148 Å². The van der Waals surface area contributed by atoms with E-state index in [1.54, 1.807) is 19.2 Å². The number of benzene rings is 2. The number of likely N-dealkylation sites (N-methyl/N-ethyl adjacent to an activating group) is 1. The molecule has 0 radical (unpaired) electrons. The van der Waals surface area contributed by atoms with Crippen LogP contribution >= 0.6 is 0 Å². The zero-order valence-electron chi connectivity index (χ0n) is 29.8. The zero-order chi connectivity index (χ0) is 36.1. The first-order chi connectivity index (χ1) is 24.4. The van der Waals surface area contributed by atoms with Crippen LogP contribution in [-0.4, -0.2) is 79.5 Å². The number of anilines is 2. The molecule has 8 atom stereocenters. The van der Waals surface area contributed by atoms with Crippen LogP contribution < -0.4 is 20.9 Å². The molecule has 0 spiro atoms. The summed E-state index contributed by atoms with van der Waals surface area (Å²) in [7, 11) is 1.67. The fourth-order valence-electron chi connectivity index (χ4n) is 11.2. The number of ketones is 2. The summed E-state index contributed by atoms with van der Waals surface area (Å²) in [4.78, 5) is 52.6. The molecule has 270 valence electrons. The van der Waals surface area contributed by atoms with Crippen LogP contribution in [-0.2, 0) is 25.6 Å². The highest BCUT2D eigenvalue weighted by molar-refractivity contribution is 6.01. The van der Waals surface area contributed by atoms with Crippen molar-refractivity contribution in [2.45, 2.75) is 52.1 Å². The van der Waals surface area contributed by atoms with Gasteiger partial charge in [-0.05, 0) is 110 Å². The van der Waals surface area contributed by atoms with E-state index < -0.39 is 23.5 Å². The predicted molar refractivity (Wildman–Crippen MR) is 195 cm³/mol. The summed E-state index contributed by atoms with van der Waals surface area (Å²) in [5.41, 5.74) is 3.37. The summed E-state index contributed by atoms with van der Waals surface area (Å²) in [5.74, 6) is -0.0852. The number of allylic oxidation sites excluding steroid dienone is 4. The van der Waals surface area contributed by atoms with Crippen LogP contribution in [0.2, 0.25) is 0 Å². The van der Waals surface area contributed by atoms with E-state index in [0.29, 0.717) is 25.1 Å². The van der Waals surface area contributed by atoms with Gasteiger partial charge < -0.3 is 31.1 Å². The number of carbonyl (C=O) groups excluding carboxylic acids is 4. The normalized spacial score (nSPS) is 33.4. The lowest BCUT2D eigenvalue weighted by atomic mass is 9.44. The standard InChI is InChI=1S/C41H50N4O6/c1-39-14-13-31(47)17-27(39)9-12-32-33-18-28-22-45(24-41(28,35(49)23-46)40(33,2)19-34(48)38(32)39)30-10-7-25(8-11-30)15-26-5-4-6-29(16-26)44-37(51)21-43-36(50)20-42-3/h4-8,10-11,13-14,16-17,28,32-34,38,42,46,48H,9,12,15,18-24H2,1-3H3,(H,43,50)(H,44,51)/t28-,32?,33?,34?,38?,39?,40?,41?/m0/s1. The average molecular weight is 695 g/mol. The van der Waals surface area contributed by atoms with Crippen molar-refractivity contribution >= 4 is 34.8 Å². The molecule has 7 unspecified atom stereocenters. The van der Waals surface area contributed by atoms with Gasteiger partial charge in [0.05, 0.1) is 24.6 Å². The lowest BCUT2D eigenvalue weighted by Crippen LogP contribution is -2.60. The number of amides is 2. The first kappa shape index (κ1) is 35.3. The Labute approximate surface area is 299 Å². The minimum Gasteiger partial charge on any atom is -0.393 e. The molecule has 0 bridgehead atoms. The number of nitrogens with zero attached hydrogens (tertiary/aromatic N) is 1. The van der Waals surface area contributed by atoms with Crippen molar-refractivity contribution in [2.75, 3.05) is 50.1 Å². The number of Topliss-reactive ketones (excluding diaryl/α,β-unsaturated/α-hetero) is 1. The average Bonchev–Trinajstić information content (AvgIpc) is 3.60. The fraction of sp³-hybridized carbons (Fsp3) is 0.512. The van der Waals surface area contributed by atoms with Gasteiger partial charge in [-0.3, -0.25) is 19.2 Å². The highest BCUT2D eigenvalue weighted by Crippen LogP contribution is 2.72. The molecule has 2 aromatic carbocycles. The number of aliphatic hydroxyl groups excluding tert-OH is 2. The quantitative estimate of drug-likeness (QED) is 0.254. The van der Waals surface area contributed by atoms with Gasteiger partial charge in [-0.15, -0.1) is 0 Å². The van der Waals surface area contributed by atoms with Gasteiger partial charge in [0.25, 0.3) is 0 Å². The lowest BCUT2D eigenvalue weighted by molar-refractivity contribution is -0.157. The van der Waals surface area contributed by atoms with E-state index in [4.69, 9.17) is 0 Å². The van der Waals surface area contributed by atoms with Gasteiger partial charge in [-0.1, -0.05) is 49.8 Å². The second kappa shape index (κ2) is 13.5. The van der Waals surface area contributed by atoms with Gasteiger partial charge in [0.1, 0.15) is 6.61 Å². The molecule has 2 amide bonds. The second-order valence-corrected chi connectivity index (χ2v) is 16.0. The molecule has 4 fully saturated rings. The van der Waals surface area contributed by atoms with Crippen LogP contribution in [0.5, 0.6) is 0 Å². The first-order valence-electron chi connectivity index (χ1n) is 18.3. The Hall–Kier alpha value is -4.12. The van der Waals surface area contributed by atoms with Crippen molar-refractivity contribution in [3.05, 3.63) is 83.5 Å². The molecule has 51 heavy (non-hydrogen) atoms. The second-order valence-electron chi connectivity index (χ2n) is 16.0. The molecule has 0 aromatic heterocycles. The Morgan fingerprint density at radius 2 is 1.80 bits per heavy atom. The van der Waals surface area contributed by atoms with Crippen molar-refractivity contribution < 1.29 is 29.4 Å². The number of rotatable bonds is 10. The number of fused-ring (bicyclic) bond motifs is 7. The number of carbonyl (C=O) groups is 4. The van der Waals surface area contributed by atoms with E-state index in [2.05, 4.69) is 59.0 Å². The molecule has 10 heteroatoms.